The molecule has 1 aliphatic rings. The number of amides is 4. The number of hydrogen-bond donors (Lipinski definition) is 7. The molecule has 0 aromatic heterocycles. The molecule has 0 radical (unpaired) electrons. The number of aliphatic hydroxyl groups excluding tert-OH is 1. The number of aliphatic hydroxyl groups is 1. The summed E-state index contributed by atoms with van der Waals surface area (Å²) >= 11 is 0. The minimum absolute atomic E-state index is 0.0326. The molecule has 0 bridgehead atoms. The molecule has 1 fully saturated rings. The van der Waals surface area contributed by atoms with Gasteiger partial charge in [-0.1, -0.05) is 13.8 Å². The monoisotopic (exact) mass is 443 g/mol. The lowest BCUT2D eigenvalue weighted by Crippen LogP contribution is -2.57. The van der Waals surface area contributed by atoms with Crippen LogP contribution in [-0.4, -0.2) is 77.1 Å². The summed E-state index contributed by atoms with van der Waals surface area (Å²) in [7, 11) is 0. The summed E-state index contributed by atoms with van der Waals surface area (Å²) in [5.41, 5.74) is 5.17. The molecule has 0 aromatic rings. The highest BCUT2D eigenvalue weighted by molar-refractivity contribution is 5.94. The van der Waals surface area contributed by atoms with Gasteiger partial charge in [-0.05, 0) is 38.1 Å². The van der Waals surface area contributed by atoms with Crippen LogP contribution in [0, 0.1) is 5.92 Å². The second-order valence-electron chi connectivity index (χ2n) is 7.99. The fourth-order valence-corrected chi connectivity index (χ4v) is 3.17. The van der Waals surface area contributed by atoms with Gasteiger partial charge >= 0.3 is 5.97 Å². The summed E-state index contributed by atoms with van der Waals surface area (Å²) < 4.78 is 0. The van der Waals surface area contributed by atoms with Crippen LogP contribution in [0.1, 0.15) is 46.0 Å². The molecule has 176 valence electrons. The summed E-state index contributed by atoms with van der Waals surface area (Å²) in [4.78, 5) is 60.1. The predicted molar refractivity (Wildman–Crippen MR) is 109 cm³/mol. The average Bonchev–Trinajstić information content (AvgIpc) is 3.22. The summed E-state index contributed by atoms with van der Waals surface area (Å²) in [5.74, 6) is -3.95. The van der Waals surface area contributed by atoms with E-state index in [1.807, 2.05) is 13.8 Å². The number of aliphatic carboxylic acids is 1. The van der Waals surface area contributed by atoms with Gasteiger partial charge in [0.15, 0.2) is 0 Å². The maximum atomic E-state index is 12.8. The molecule has 12 nitrogen and oxygen atoms in total. The maximum Gasteiger partial charge on any atom is 0.328 e. The highest BCUT2D eigenvalue weighted by Gasteiger charge is 2.31. The number of carboxylic acids is 1. The van der Waals surface area contributed by atoms with Crippen molar-refractivity contribution in [1.29, 1.82) is 0 Å². The molecule has 8 N–H and O–H groups in total. The van der Waals surface area contributed by atoms with Crippen molar-refractivity contribution in [3.8, 4) is 0 Å². The van der Waals surface area contributed by atoms with Crippen LogP contribution in [0.4, 0.5) is 0 Å². The molecule has 12 heteroatoms. The zero-order valence-electron chi connectivity index (χ0n) is 17.8. The van der Waals surface area contributed by atoms with Gasteiger partial charge in [0.25, 0.3) is 0 Å². The van der Waals surface area contributed by atoms with E-state index in [2.05, 4.69) is 21.3 Å². The quantitative estimate of drug-likeness (QED) is 0.163. The van der Waals surface area contributed by atoms with Gasteiger partial charge in [-0.3, -0.25) is 19.2 Å². The van der Waals surface area contributed by atoms with E-state index in [-0.39, 0.29) is 25.2 Å². The van der Waals surface area contributed by atoms with Gasteiger partial charge in [0, 0.05) is 6.42 Å². The number of carboxylic acid groups (broad SMARTS) is 1. The number of primary amides is 1. The number of carbonyl (C=O) groups excluding carboxylic acids is 4. The van der Waals surface area contributed by atoms with Crippen molar-refractivity contribution in [2.24, 2.45) is 11.7 Å². The number of nitrogens with one attached hydrogen (secondary N) is 4. The molecule has 31 heavy (non-hydrogen) atoms. The third-order valence-electron chi connectivity index (χ3n) is 4.83. The van der Waals surface area contributed by atoms with Crippen molar-refractivity contribution in [3.05, 3.63) is 0 Å². The number of carbonyl (C=O) groups is 5. The molecular formula is C19H33N5O7. The Balaban J connectivity index is 2.90. The first kappa shape index (κ1) is 26.3. The predicted octanol–water partition coefficient (Wildman–Crippen LogP) is -2.42. The first-order chi connectivity index (χ1) is 14.5. The minimum atomic E-state index is -1.52. The average molecular weight is 444 g/mol. The molecule has 4 amide bonds. The summed E-state index contributed by atoms with van der Waals surface area (Å²) in [6, 6.07) is -4.16. The molecule has 4 unspecified atom stereocenters. The maximum absolute atomic E-state index is 12.8. The smallest absolute Gasteiger partial charge is 0.328 e. The lowest BCUT2D eigenvalue weighted by Gasteiger charge is -2.25. The van der Waals surface area contributed by atoms with Gasteiger partial charge in [0.05, 0.1) is 12.6 Å². The minimum Gasteiger partial charge on any atom is -0.480 e. The summed E-state index contributed by atoms with van der Waals surface area (Å²) in [6.07, 6.45) is 1.43. The third-order valence-corrected chi connectivity index (χ3v) is 4.83. The third kappa shape index (κ3) is 9.30. The molecule has 1 heterocycles. The standard InChI is InChI=1S/C19H33N5O7/c1-10(2)8-13(18(29)24-14(9-25)19(30)31)23-17(28)12(5-6-15(20)26)22-16(27)11-4-3-7-21-11/h10-14,21,25H,3-9H2,1-2H3,(H2,20,26)(H,22,27)(H,23,28)(H,24,29)(H,30,31). The normalized spacial score (nSPS) is 18.6. The van der Waals surface area contributed by atoms with E-state index in [0.29, 0.717) is 13.0 Å². The zero-order chi connectivity index (χ0) is 23.6. The van der Waals surface area contributed by atoms with E-state index >= 15 is 0 Å². The Morgan fingerprint density at radius 2 is 1.65 bits per heavy atom. The van der Waals surface area contributed by atoms with E-state index < -0.39 is 60.4 Å². The Hall–Kier alpha value is -2.73. The largest absolute Gasteiger partial charge is 0.480 e. The molecule has 1 rings (SSSR count). The highest BCUT2D eigenvalue weighted by atomic mass is 16.4. The molecule has 4 atom stereocenters. The van der Waals surface area contributed by atoms with Crippen LogP contribution in [0.2, 0.25) is 0 Å². The van der Waals surface area contributed by atoms with Crippen molar-refractivity contribution >= 4 is 29.6 Å². The van der Waals surface area contributed by atoms with Crippen LogP contribution in [0.3, 0.4) is 0 Å². The Kier molecular flexibility index (Phi) is 10.9. The van der Waals surface area contributed by atoms with Gasteiger partial charge in [-0.25, -0.2) is 4.79 Å². The van der Waals surface area contributed by atoms with Crippen LogP contribution in [0.15, 0.2) is 0 Å². The molecular weight excluding hydrogens is 410 g/mol. The first-order valence-corrected chi connectivity index (χ1v) is 10.3. The van der Waals surface area contributed by atoms with Crippen LogP contribution in [0.25, 0.3) is 0 Å². The zero-order valence-corrected chi connectivity index (χ0v) is 17.8. The fourth-order valence-electron chi connectivity index (χ4n) is 3.17. The van der Waals surface area contributed by atoms with Crippen LogP contribution in [-0.2, 0) is 24.0 Å². The Labute approximate surface area is 180 Å². The topological polar surface area (TPSA) is 200 Å². The number of nitrogens with two attached hydrogens (primary N) is 1. The van der Waals surface area contributed by atoms with E-state index in [9.17, 15) is 24.0 Å². The molecule has 0 spiro atoms. The van der Waals surface area contributed by atoms with Gasteiger partial charge in [-0.15, -0.1) is 0 Å². The number of hydrogen-bond acceptors (Lipinski definition) is 7. The summed E-state index contributed by atoms with van der Waals surface area (Å²) in [6.45, 7) is 3.49. The Bertz CT molecular complexity index is 664. The molecule has 1 aliphatic heterocycles. The van der Waals surface area contributed by atoms with E-state index in [0.717, 1.165) is 6.42 Å². The van der Waals surface area contributed by atoms with Gasteiger partial charge in [0.2, 0.25) is 23.6 Å². The highest BCUT2D eigenvalue weighted by Crippen LogP contribution is 2.09. The van der Waals surface area contributed by atoms with Crippen LogP contribution >= 0.6 is 0 Å². The van der Waals surface area contributed by atoms with Gasteiger partial charge in [0.1, 0.15) is 18.1 Å². The van der Waals surface area contributed by atoms with Gasteiger partial charge < -0.3 is 37.2 Å². The van der Waals surface area contributed by atoms with E-state index in [1.54, 1.807) is 0 Å². The van der Waals surface area contributed by atoms with Crippen molar-refractivity contribution < 1.29 is 34.2 Å². The van der Waals surface area contributed by atoms with Crippen molar-refractivity contribution in [2.75, 3.05) is 13.2 Å². The van der Waals surface area contributed by atoms with E-state index in [4.69, 9.17) is 15.9 Å². The Morgan fingerprint density at radius 1 is 1.03 bits per heavy atom. The molecule has 0 aliphatic carbocycles. The van der Waals surface area contributed by atoms with Crippen molar-refractivity contribution in [2.45, 2.75) is 70.1 Å². The molecule has 1 saturated heterocycles. The fraction of sp³-hybridized carbons (Fsp3) is 0.737. The van der Waals surface area contributed by atoms with Crippen LogP contribution < -0.4 is 27.0 Å². The van der Waals surface area contributed by atoms with Gasteiger partial charge in [-0.2, -0.15) is 0 Å². The molecule has 0 saturated carbocycles. The Morgan fingerprint density at radius 3 is 2.13 bits per heavy atom. The lowest BCUT2D eigenvalue weighted by atomic mass is 10.0. The van der Waals surface area contributed by atoms with Crippen molar-refractivity contribution in [3.63, 3.8) is 0 Å². The number of rotatable bonds is 13. The second kappa shape index (κ2) is 12.8. The summed E-state index contributed by atoms with van der Waals surface area (Å²) in [5, 5.41) is 28.5. The second-order valence-corrected chi connectivity index (χ2v) is 7.99. The van der Waals surface area contributed by atoms with Crippen LogP contribution in [0.5, 0.6) is 0 Å². The molecule has 0 aromatic carbocycles. The van der Waals surface area contributed by atoms with Crippen molar-refractivity contribution in [1.82, 2.24) is 21.3 Å². The SMILES string of the molecule is CC(C)CC(NC(=O)C(CCC(N)=O)NC(=O)C1CCCN1)C(=O)NC(CO)C(=O)O. The van der Waals surface area contributed by atoms with E-state index in [1.165, 1.54) is 0 Å². The lowest BCUT2D eigenvalue weighted by molar-refractivity contribution is -0.143. The first-order valence-electron chi connectivity index (χ1n) is 10.3.